The highest BCUT2D eigenvalue weighted by atomic mass is 16.4. The number of carboxylic acid groups (broad SMARTS) is 1. The van der Waals surface area contributed by atoms with Gasteiger partial charge in [-0.3, -0.25) is 14.3 Å². The van der Waals surface area contributed by atoms with Crippen LogP contribution in [0.2, 0.25) is 0 Å². The summed E-state index contributed by atoms with van der Waals surface area (Å²) in [6.07, 6.45) is 0.122. The summed E-state index contributed by atoms with van der Waals surface area (Å²) in [4.78, 5) is 23.1. The van der Waals surface area contributed by atoms with Gasteiger partial charge in [-0.15, -0.1) is 0 Å². The summed E-state index contributed by atoms with van der Waals surface area (Å²) in [6.45, 7) is 5.84. The number of carbonyl (C=O) groups excluding carboxylic acids is 1. The van der Waals surface area contributed by atoms with E-state index >= 15 is 0 Å². The van der Waals surface area contributed by atoms with Crippen LogP contribution in [0.3, 0.4) is 0 Å². The van der Waals surface area contributed by atoms with Gasteiger partial charge in [-0.05, 0) is 26.8 Å². The lowest BCUT2D eigenvalue weighted by Gasteiger charge is -2.22. The van der Waals surface area contributed by atoms with Crippen molar-refractivity contribution in [3.05, 3.63) is 17.5 Å². The molecule has 0 spiro atoms. The van der Waals surface area contributed by atoms with Gasteiger partial charge >= 0.3 is 5.97 Å². The van der Waals surface area contributed by atoms with E-state index < -0.39 is 17.3 Å². The second-order valence-corrected chi connectivity index (χ2v) is 4.49. The molecule has 0 radical (unpaired) electrons. The molecule has 100 valence electrons. The highest BCUT2D eigenvalue weighted by molar-refractivity contribution is 6.01. The molecule has 0 bridgehead atoms. The quantitative estimate of drug-likeness (QED) is 0.752. The largest absolute Gasteiger partial charge is 0.480 e. The Labute approximate surface area is 106 Å². The van der Waals surface area contributed by atoms with E-state index in [1.165, 1.54) is 14.0 Å². The van der Waals surface area contributed by atoms with Crippen LogP contribution >= 0.6 is 0 Å². The Morgan fingerprint density at radius 3 is 2.61 bits per heavy atom. The number of rotatable bonds is 5. The van der Waals surface area contributed by atoms with Crippen LogP contribution < -0.4 is 5.32 Å². The summed E-state index contributed by atoms with van der Waals surface area (Å²) < 4.78 is 1.72. The zero-order valence-corrected chi connectivity index (χ0v) is 11.1. The molecule has 1 aromatic heterocycles. The minimum absolute atomic E-state index is 0.122. The lowest BCUT2D eigenvalue weighted by Crippen LogP contribution is -2.45. The summed E-state index contributed by atoms with van der Waals surface area (Å²) in [6, 6.07) is 1.81. The molecule has 6 nitrogen and oxygen atoms in total. The SMILES string of the molecule is CCn1nc(C)cc1CC(C)(C(=O)O)C(=O)NC. The minimum Gasteiger partial charge on any atom is -0.480 e. The molecule has 0 saturated carbocycles. The average molecular weight is 253 g/mol. The van der Waals surface area contributed by atoms with Gasteiger partial charge in [0.1, 0.15) is 5.41 Å². The van der Waals surface area contributed by atoms with E-state index in [9.17, 15) is 14.7 Å². The van der Waals surface area contributed by atoms with Gasteiger partial charge in [0, 0.05) is 25.7 Å². The van der Waals surface area contributed by atoms with E-state index in [0.29, 0.717) is 6.54 Å². The molecule has 0 aliphatic rings. The van der Waals surface area contributed by atoms with Crippen LogP contribution in [-0.2, 0) is 22.6 Å². The molecule has 2 N–H and O–H groups in total. The fraction of sp³-hybridized carbons (Fsp3) is 0.583. The maximum absolute atomic E-state index is 11.8. The first-order valence-electron chi connectivity index (χ1n) is 5.84. The molecule has 1 unspecified atom stereocenters. The first-order valence-corrected chi connectivity index (χ1v) is 5.84. The third-order valence-electron chi connectivity index (χ3n) is 3.02. The van der Waals surface area contributed by atoms with Crippen molar-refractivity contribution in [3.8, 4) is 0 Å². The van der Waals surface area contributed by atoms with Gasteiger partial charge in [0.05, 0.1) is 5.69 Å². The first kappa shape index (κ1) is 14.2. The van der Waals surface area contributed by atoms with Crippen LogP contribution in [0.4, 0.5) is 0 Å². The minimum atomic E-state index is -1.48. The van der Waals surface area contributed by atoms with E-state index in [-0.39, 0.29) is 6.42 Å². The van der Waals surface area contributed by atoms with Crippen molar-refractivity contribution >= 4 is 11.9 Å². The summed E-state index contributed by atoms with van der Waals surface area (Å²) >= 11 is 0. The molecule has 0 saturated heterocycles. The van der Waals surface area contributed by atoms with Crippen molar-refractivity contribution in [2.24, 2.45) is 5.41 Å². The van der Waals surface area contributed by atoms with Gasteiger partial charge in [0.15, 0.2) is 0 Å². The Bertz CT molecular complexity index is 467. The van der Waals surface area contributed by atoms with Crippen molar-refractivity contribution in [1.82, 2.24) is 15.1 Å². The van der Waals surface area contributed by atoms with Crippen molar-refractivity contribution in [2.75, 3.05) is 7.05 Å². The number of carboxylic acids is 1. The second kappa shape index (κ2) is 5.20. The molecular formula is C12H19N3O3. The lowest BCUT2D eigenvalue weighted by atomic mass is 9.84. The van der Waals surface area contributed by atoms with Crippen LogP contribution in [0.15, 0.2) is 6.07 Å². The van der Waals surface area contributed by atoms with Gasteiger partial charge in [-0.2, -0.15) is 5.10 Å². The van der Waals surface area contributed by atoms with Crippen molar-refractivity contribution in [3.63, 3.8) is 0 Å². The Morgan fingerprint density at radius 1 is 1.56 bits per heavy atom. The van der Waals surface area contributed by atoms with Crippen molar-refractivity contribution in [1.29, 1.82) is 0 Å². The van der Waals surface area contributed by atoms with Crippen LogP contribution in [0.25, 0.3) is 0 Å². The number of aromatic nitrogens is 2. The summed E-state index contributed by atoms with van der Waals surface area (Å²) in [5.41, 5.74) is 0.0914. The van der Waals surface area contributed by atoms with Crippen LogP contribution in [0.5, 0.6) is 0 Å². The standard InChI is InChI=1S/C12H19N3O3/c1-5-15-9(6-8(2)14-15)7-12(3,11(17)18)10(16)13-4/h6H,5,7H2,1-4H3,(H,13,16)(H,17,18). The number of aryl methyl sites for hydroxylation is 2. The number of nitrogens with one attached hydrogen (secondary N) is 1. The Morgan fingerprint density at radius 2 is 2.17 bits per heavy atom. The average Bonchev–Trinajstić information content (AvgIpc) is 2.67. The summed E-state index contributed by atoms with van der Waals surface area (Å²) in [5.74, 6) is -1.64. The number of carbonyl (C=O) groups is 2. The van der Waals surface area contributed by atoms with Gasteiger partial charge < -0.3 is 10.4 Å². The zero-order chi connectivity index (χ0) is 13.9. The fourth-order valence-electron chi connectivity index (χ4n) is 1.91. The molecule has 1 atom stereocenters. The number of amides is 1. The molecule has 0 aliphatic carbocycles. The van der Waals surface area contributed by atoms with E-state index in [0.717, 1.165) is 11.4 Å². The Kier molecular flexibility index (Phi) is 4.11. The molecule has 0 aromatic carbocycles. The van der Waals surface area contributed by atoms with E-state index in [1.54, 1.807) is 4.68 Å². The molecule has 1 aromatic rings. The van der Waals surface area contributed by atoms with Gasteiger partial charge in [0.25, 0.3) is 0 Å². The Hall–Kier alpha value is -1.85. The zero-order valence-electron chi connectivity index (χ0n) is 11.1. The van der Waals surface area contributed by atoms with E-state index in [1.807, 2.05) is 19.9 Å². The fourth-order valence-corrected chi connectivity index (χ4v) is 1.91. The molecule has 18 heavy (non-hydrogen) atoms. The lowest BCUT2D eigenvalue weighted by molar-refractivity contribution is -0.154. The Balaban J connectivity index is 3.11. The topological polar surface area (TPSA) is 84.2 Å². The highest BCUT2D eigenvalue weighted by Gasteiger charge is 2.41. The predicted octanol–water partition coefficient (Wildman–Crippen LogP) is 0.591. The highest BCUT2D eigenvalue weighted by Crippen LogP contribution is 2.24. The van der Waals surface area contributed by atoms with E-state index in [4.69, 9.17) is 0 Å². The van der Waals surface area contributed by atoms with Gasteiger partial charge in [-0.1, -0.05) is 0 Å². The van der Waals surface area contributed by atoms with Crippen molar-refractivity contribution < 1.29 is 14.7 Å². The van der Waals surface area contributed by atoms with Crippen LogP contribution in [-0.4, -0.2) is 33.8 Å². The van der Waals surface area contributed by atoms with Crippen molar-refractivity contribution in [2.45, 2.75) is 33.7 Å². The molecule has 1 amide bonds. The summed E-state index contributed by atoms with van der Waals surface area (Å²) in [7, 11) is 1.44. The summed E-state index contributed by atoms with van der Waals surface area (Å²) in [5, 5.41) is 15.9. The smallest absolute Gasteiger partial charge is 0.319 e. The maximum Gasteiger partial charge on any atom is 0.319 e. The third kappa shape index (κ3) is 2.52. The maximum atomic E-state index is 11.8. The van der Waals surface area contributed by atoms with E-state index in [2.05, 4.69) is 10.4 Å². The van der Waals surface area contributed by atoms with Gasteiger partial charge in [-0.25, -0.2) is 0 Å². The van der Waals surface area contributed by atoms with Crippen LogP contribution in [0, 0.1) is 12.3 Å². The third-order valence-corrected chi connectivity index (χ3v) is 3.02. The molecule has 0 aliphatic heterocycles. The number of hydrogen-bond donors (Lipinski definition) is 2. The monoisotopic (exact) mass is 253 g/mol. The molecule has 0 fully saturated rings. The number of nitrogens with zero attached hydrogens (tertiary/aromatic N) is 2. The number of hydrogen-bond acceptors (Lipinski definition) is 3. The number of aliphatic carboxylic acids is 1. The van der Waals surface area contributed by atoms with Gasteiger partial charge in [0.2, 0.25) is 5.91 Å². The predicted molar refractivity (Wildman–Crippen MR) is 66.2 cm³/mol. The second-order valence-electron chi connectivity index (χ2n) is 4.49. The molecular weight excluding hydrogens is 234 g/mol. The molecule has 1 rings (SSSR count). The van der Waals surface area contributed by atoms with Crippen LogP contribution in [0.1, 0.15) is 25.2 Å². The molecule has 6 heteroatoms. The molecule has 1 heterocycles. The first-order chi connectivity index (χ1) is 8.35. The normalized spacial score (nSPS) is 14.0.